The van der Waals surface area contributed by atoms with Gasteiger partial charge in [-0.15, -0.1) is 11.3 Å². The van der Waals surface area contributed by atoms with E-state index in [1.807, 2.05) is 5.38 Å². The van der Waals surface area contributed by atoms with Crippen molar-refractivity contribution in [2.24, 2.45) is 5.73 Å². The van der Waals surface area contributed by atoms with Gasteiger partial charge in [0.05, 0.1) is 5.39 Å². The van der Waals surface area contributed by atoms with E-state index in [-0.39, 0.29) is 0 Å². The van der Waals surface area contributed by atoms with Crippen LogP contribution in [0.15, 0.2) is 17.8 Å². The molecule has 2 heterocycles. The highest BCUT2D eigenvalue weighted by molar-refractivity contribution is 7.16. The Labute approximate surface area is 98.9 Å². The number of hydrogen-bond acceptors (Lipinski definition) is 5. The molecular formula is C11H16N4S. The molecule has 0 aliphatic rings. The van der Waals surface area contributed by atoms with E-state index in [0.717, 1.165) is 28.9 Å². The third-order valence-corrected chi connectivity index (χ3v) is 3.43. The number of anilines is 1. The van der Waals surface area contributed by atoms with Gasteiger partial charge in [-0.05, 0) is 30.8 Å². The lowest BCUT2D eigenvalue weighted by Gasteiger charge is -2.16. The predicted molar refractivity (Wildman–Crippen MR) is 68.8 cm³/mol. The van der Waals surface area contributed by atoms with Gasteiger partial charge in [0.15, 0.2) is 0 Å². The monoisotopic (exact) mass is 236 g/mol. The standard InChI is InChI=1S/C11H16N4S/c1-2-8(3-5-12)15-10-9-4-6-16-11(9)14-7-13-10/h4,6-8H,2-3,5,12H2,1H3,(H,13,14,15). The lowest BCUT2D eigenvalue weighted by Crippen LogP contribution is -2.22. The van der Waals surface area contributed by atoms with Crippen LogP contribution < -0.4 is 11.1 Å². The van der Waals surface area contributed by atoms with Crippen molar-refractivity contribution in [3.05, 3.63) is 17.8 Å². The zero-order valence-electron chi connectivity index (χ0n) is 9.31. The molecule has 0 saturated heterocycles. The maximum Gasteiger partial charge on any atom is 0.138 e. The summed E-state index contributed by atoms with van der Waals surface area (Å²) in [4.78, 5) is 9.54. The van der Waals surface area contributed by atoms with Crippen molar-refractivity contribution in [3.63, 3.8) is 0 Å². The van der Waals surface area contributed by atoms with Gasteiger partial charge >= 0.3 is 0 Å². The first kappa shape index (κ1) is 11.3. The minimum absolute atomic E-state index is 0.392. The molecule has 0 radical (unpaired) electrons. The number of fused-ring (bicyclic) bond motifs is 1. The zero-order valence-corrected chi connectivity index (χ0v) is 10.1. The number of nitrogens with zero attached hydrogens (tertiary/aromatic N) is 2. The minimum atomic E-state index is 0.392. The lowest BCUT2D eigenvalue weighted by atomic mass is 10.1. The summed E-state index contributed by atoms with van der Waals surface area (Å²) in [5.41, 5.74) is 5.58. The second kappa shape index (κ2) is 5.23. The molecule has 0 aliphatic carbocycles. The van der Waals surface area contributed by atoms with E-state index >= 15 is 0 Å². The molecule has 0 aromatic carbocycles. The van der Waals surface area contributed by atoms with Crippen LogP contribution in [0.25, 0.3) is 10.2 Å². The predicted octanol–water partition coefficient (Wildman–Crippen LogP) is 2.23. The fourth-order valence-electron chi connectivity index (χ4n) is 1.68. The average molecular weight is 236 g/mol. The first-order valence-corrected chi connectivity index (χ1v) is 6.38. The topological polar surface area (TPSA) is 63.8 Å². The smallest absolute Gasteiger partial charge is 0.138 e. The van der Waals surface area contributed by atoms with E-state index in [0.29, 0.717) is 12.6 Å². The molecule has 2 rings (SSSR count). The Hall–Kier alpha value is -1.20. The van der Waals surface area contributed by atoms with Crippen molar-refractivity contribution in [1.29, 1.82) is 0 Å². The number of hydrogen-bond donors (Lipinski definition) is 2. The molecule has 0 saturated carbocycles. The molecule has 0 fully saturated rings. The van der Waals surface area contributed by atoms with Gasteiger partial charge in [-0.2, -0.15) is 0 Å². The van der Waals surface area contributed by atoms with Crippen LogP contribution in [0.2, 0.25) is 0 Å². The molecule has 3 N–H and O–H groups in total. The zero-order chi connectivity index (χ0) is 11.4. The van der Waals surface area contributed by atoms with Gasteiger partial charge in [-0.25, -0.2) is 9.97 Å². The molecule has 0 amide bonds. The summed E-state index contributed by atoms with van der Waals surface area (Å²) in [7, 11) is 0. The van der Waals surface area contributed by atoms with Gasteiger partial charge in [-0.3, -0.25) is 0 Å². The van der Waals surface area contributed by atoms with Crippen molar-refractivity contribution < 1.29 is 0 Å². The second-order valence-corrected chi connectivity index (χ2v) is 4.58. The second-order valence-electron chi connectivity index (χ2n) is 3.69. The maximum atomic E-state index is 5.58. The molecule has 2 aromatic heterocycles. The minimum Gasteiger partial charge on any atom is -0.367 e. The summed E-state index contributed by atoms with van der Waals surface area (Å²) >= 11 is 1.63. The van der Waals surface area contributed by atoms with Crippen molar-refractivity contribution in [2.45, 2.75) is 25.8 Å². The highest BCUT2D eigenvalue weighted by Gasteiger charge is 2.09. The number of nitrogens with two attached hydrogens (primary N) is 1. The average Bonchev–Trinajstić information content (AvgIpc) is 2.77. The summed E-state index contributed by atoms with van der Waals surface area (Å²) in [5.74, 6) is 0.923. The van der Waals surface area contributed by atoms with Crippen LogP contribution >= 0.6 is 11.3 Å². The third kappa shape index (κ3) is 2.31. The van der Waals surface area contributed by atoms with Gasteiger partial charge in [0, 0.05) is 6.04 Å². The van der Waals surface area contributed by atoms with Crippen LogP contribution in [-0.4, -0.2) is 22.6 Å². The molecule has 1 unspecified atom stereocenters. The molecule has 4 nitrogen and oxygen atoms in total. The van der Waals surface area contributed by atoms with Crippen molar-refractivity contribution >= 4 is 27.4 Å². The van der Waals surface area contributed by atoms with Crippen LogP contribution in [-0.2, 0) is 0 Å². The van der Waals surface area contributed by atoms with Crippen LogP contribution in [0, 0.1) is 0 Å². The summed E-state index contributed by atoms with van der Waals surface area (Å²) < 4.78 is 0. The SMILES string of the molecule is CCC(CCN)Nc1ncnc2sccc12. The molecule has 0 bridgehead atoms. The Morgan fingerprint density at radius 1 is 1.50 bits per heavy atom. The largest absolute Gasteiger partial charge is 0.367 e. The summed E-state index contributed by atoms with van der Waals surface area (Å²) in [6.07, 6.45) is 3.62. The van der Waals surface area contributed by atoms with Crippen LogP contribution in [0.4, 0.5) is 5.82 Å². The molecule has 16 heavy (non-hydrogen) atoms. The van der Waals surface area contributed by atoms with Gasteiger partial charge in [-0.1, -0.05) is 6.92 Å². The molecule has 86 valence electrons. The van der Waals surface area contributed by atoms with Gasteiger partial charge < -0.3 is 11.1 Å². The van der Waals surface area contributed by atoms with Crippen LogP contribution in [0.5, 0.6) is 0 Å². The molecule has 0 aliphatic heterocycles. The molecular weight excluding hydrogens is 220 g/mol. The fraction of sp³-hybridized carbons (Fsp3) is 0.455. The third-order valence-electron chi connectivity index (χ3n) is 2.61. The van der Waals surface area contributed by atoms with Crippen molar-refractivity contribution in [3.8, 4) is 0 Å². The van der Waals surface area contributed by atoms with Gasteiger partial charge in [0.1, 0.15) is 17.0 Å². The molecule has 0 spiro atoms. The Bertz CT molecular complexity index is 454. The van der Waals surface area contributed by atoms with E-state index < -0.39 is 0 Å². The van der Waals surface area contributed by atoms with E-state index in [4.69, 9.17) is 5.73 Å². The molecule has 2 aromatic rings. The van der Waals surface area contributed by atoms with E-state index in [1.165, 1.54) is 0 Å². The van der Waals surface area contributed by atoms with E-state index in [9.17, 15) is 0 Å². The van der Waals surface area contributed by atoms with Crippen molar-refractivity contribution in [1.82, 2.24) is 9.97 Å². The Kier molecular flexibility index (Phi) is 3.69. The van der Waals surface area contributed by atoms with Crippen LogP contribution in [0.1, 0.15) is 19.8 Å². The van der Waals surface area contributed by atoms with Gasteiger partial charge in [0.2, 0.25) is 0 Å². The number of nitrogens with one attached hydrogen (secondary N) is 1. The summed E-state index contributed by atoms with van der Waals surface area (Å²) in [6.45, 7) is 2.85. The van der Waals surface area contributed by atoms with E-state index in [1.54, 1.807) is 17.7 Å². The summed E-state index contributed by atoms with van der Waals surface area (Å²) in [6, 6.07) is 2.44. The Balaban J connectivity index is 2.22. The quantitative estimate of drug-likeness (QED) is 0.835. The highest BCUT2D eigenvalue weighted by atomic mass is 32.1. The first-order valence-electron chi connectivity index (χ1n) is 5.50. The summed E-state index contributed by atoms with van der Waals surface area (Å²) in [5, 5.41) is 6.57. The molecule has 5 heteroatoms. The molecule has 1 atom stereocenters. The Morgan fingerprint density at radius 2 is 2.38 bits per heavy atom. The highest BCUT2D eigenvalue weighted by Crippen LogP contribution is 2.24. The van der Waals surface area contributed by atoms with Crippen molar-refractivity contribution in [2.75, 3.05) is 11.9 Å². The number of aromatic nitrogens is 2. The fourth-order valence-corrected chi connectivity index (χ4v) is 2.41. The first-order chi connectivity index (χ1) is 7.85. The number of rotatable bonds is 5. The Morgan fingerprint density at radius 3 is 3.12 bits per heavy atom. The normalized spacial score (nSPS) is 12.9. The van der Waals surface area contributed by atoms with Crippen LogP contribution in [0.3, 0.4) is 0 Å². The number of thiophene rings is 1. The maximum absolute atomic E-state index is 5.58. The van der Waals surface area contributed by atoms with E-state index in [2.05, 4.69) is 28.3 Å². The van der Waals surface area contributed by atoms with Gasteiger partial charge in [0.25, 0.3) is 0 Å². The lowest BCUT2D eigenvalue weighted by molar-refractivity contribution is 0.640.